The van der Waals surface area contributed by atoms with Crippen LogP contribution in [0.2, 0.25) is 0 Å². The predicted octanol–water partition coefficient (Wildman–Crippen LogP) is 5.09. The van der Waals surface area contributed by atoms with Gasteiger partial charge in [0, 0.05) is 0 Å². The Morgan fingerprint density at radius 2 is 1.33 bits per heavy atom. The fourth-order valence-electron chi connectivity index (χ4n) is 3.08. The van der Waals surface area contributed by atoms with E-state index in [0.717, 1.165) is 22.4 Å². The highest BCUT2D eigenvalue weighted by Crippen LogP contribution is 2.26. The van der Waals surface area contributed by atoms with E-state index in [1.807, 2.05) is 84.9 Å². The topological polar surface area (TPSA) is 38.3 Å². The van der Waals surface area contributed by atoms with E-state index in [0.29, 0.717) is 5.92 Å². The van der Waals surface area contributed by atoms with Crippen molar-refractivity contribution in [2.75, 3.05) is 6.61 Å². The molecule has 0 saturated heterocycles. The predicted molar refractivity (Wildman–Crippen MR) is 109 cm³/mol. The van der Waals surface area contributed by atoms with Crippen molar-refractivity contribution in [3.8, 4) is 5.75 Å². The van der Waals surface area contributed by atoms with E-state index in [1.54, 1.807) is 0 Å². The lowest BCUT2D eigenvalue weighted by Gasteiger charge is -2.20. The molecule has 0 heterocycles. The fourth-order valence-corrected chi connectivity index (χ4v) is 3.08. The van der Waals surface area contributed by atoms with Crippen LogP contribution in [0.15, 0.2) is 84.9 Å². The molecule has 0 bridgehead atoms. The molecular weight excluding hydrogens is 334 g/mol. The largest absolute Gasteiger partial charge is 0.483 e. The van der Waals surface area contributed by atoms with Crippen LogP contribution in [0.3, 0.4) is 0 Å². The first-order valence-electron chi connectivity index (χ1n) is 9.26. The molecule has 1 N–H and O–H groups in total. The molecule has 0 unspecified atom stereocenters. The van der Waals surface area contributed by atoms with Crippen molar-refractivity contribution in [1.29, 1.82) is 0 Å². The molecule has 0 aliphatic carbocycles. The van der Waals surface area contributed by atoms with Gasteiger partial charge in [0.1, 0.15) is 5.75 Å². The molecule has 3 aromatic rings. The van der Waals surface area contributed by atoms with E-state index < -0.39 is 0 Å². The molecule has 0 radical (unpaired) electrons. The van der Waals surface area contributed by atoms with Crippen LogP contribution in [0.1, 0.15) is 42.5 Å². The van der Waals surface area contributed by atoms with Gasteiger partial charge in [-0.1, -0.05) is 92.7 Å². The van der Waals surface area contributed by atoms with E-state index in [-0.39, 0.29) is 18.6 Å². The molecule has 3 rings (SSSR count). The van der Waals surface area contributed by atoms with Gasteiger partial charge in [0.15, 0.2) is 6.61 Å². The summed E-state index contributed by atoms with van der Waals surface area (Å²) in [6.07, 6.45) is 0. The molecular formula is C24H25NO2. The van der Waals surface area contributed by atoms with Crippen molar-refractivity contribution in [3.63, 3.8) is 0 Å². The Labute approximate surface area is 161 Å². The van der Waals surface area contributed by atoms with Gasteiger partial charge in [-0.25, -0.2) is 0 Å². The zero-order valence-electron chi connectivity index (χ0n) is 15.8. The lowest BCUT2D eigenvalue weighted by Crippen LogP contribution is -2.33. The van der Waals surface area contributed by atoms with Gasteiger partial charge < -0.3 is 10.1 Å². The number of rotatable bonds is 7. The Hall–Kier alpha value is -3.07. The molecule has 1 amide bonds. The van der Waals surface area contributed by atoms with E-state index in [2.05, 4.69) is 19.2 Å². The Bertz CT molecular complexity index is 820. The first-order valence-corrected chi connectivity index (χ1v) is 9.26. The van der Waals surface area contributed by atoms with E-state index in [9.17, 15) is 4.79 Å². The number of carbonyl (C=O) groups is 1. The number of carbonyl (C=O) groups excluding carboxylic acids is 1. The number of hydrogen-bond donors (Lipinski definition) is 1. The molecule has 3 nitrogen and oxygen atoms in total. The number of hydrogen-bond acceptors (Lipinski definition) is 2. The molecule has 3 aromatic carbocycles. The minimum Gasteiger partial charge on any atom is -0.483 e. The molecule has 0 aliphatic heterocycles. The maximum Gasteiger partial charge on any atom is 0.258 e. The third-order valence-corrected chi connectivity index (χ3v) is 4.47. The molecule has 0 aromatic heterocycles. The quantitative estimate of drug-likeness (QED) is 0.638. The van der Waals surface area contributed by atoms with Crippen molar-refractivity contribution in [3.05, 3.63) is 102 Å². The maximum atomic E-state index is 12.6. The lowest BCUT2D eigenvalue weighted by atomic mass is 9.99. The molecule has 0 aliphatic rings. The normalized spacial score (nSPS) is 10.8. The maximum absolute atomic E-state index is 12.6. The zero-order chi connectivity index (χ0) is 19.1. The Balaban J connectivity index is 1.72. The standard InChI is InChI=1S/C24H25NO2/c1-18(2)21-15-9-10-16-22(21)27-17-23(26)25-24(19-11-5-3-6-12-19)20-13-7-4-8-14-20/h3-16,18,24H,17H2,1-2H3,(H,25,26). The Morgan fingerprint density at radius 1 is 0.815 bits per heavy atom. The SMILES string of the molecule is CC(C)c1ccccc1OCC(=O)NC(c1ccccc1)c1ccccc1. The summed E-state index contributed by atoms with van der Waals surface area (Å²) in [5.74, 6) is 0.954. The Morgan fingerprint density at radius 3 is 1.89 bits per heavy atom. The number of amides is 1. The minimum atomic E-state index is -0.205. The number of nitrogens with one attached hydrogen (secondary N) is 1. The first-order chi connectivity index (χ1) is 13.1. The second-order valence-electron chi connectivity index (χ2n) is 6.80. The molecule has 0 spiro atoms. The summed E-state index contributed by atoms with van der Waals surface area (Å²) in [7, 11) is 0. The highest BCUT2D eigenvalue weighted by atomic mass is 16.5. The highest BCUT2D eigenvalue weighted by Gasteiger charge is 2.17. The van der Waals surface area contributed by atoms with Crippen molar-refractivity contribution in [1.82, 2.24) is 5.32 Å². The minimum absolute atomic E-state index is 0.0140. The van der Waals surface area contributed by atoms with Crippen LogP contribution < -0.4 is 10.1 Å². The van der Waals surface area contributed by atoms with Gasteiger partial charge in [-0.05, 0) is 28.7 Å². The third-order valence-electron chi connectivity index (χ3n) is 4.47. The van der Waals surface area contributed by atoms with Crippen LogP contribution in [0.25, 0.3) is 0 Å². The van der Waals surface area contributed by atoms with Crippen LogP contribution in [-0.4, -0.2) is 12.5 Å². The van der Waals surface area contributed by atoms with Crippen molar-refractivity contribution < 1.29 is 9.53 Å². The van der Waals surface area contributed by atoms with Crippen molar-refractivity contribution in [2.45, 2.75) is 25.8 Å². The molecule has 0 saturated carbocycles. The number of para-hydroxylation sites is 1. The summed E-state index contributed by atoms with van der Waals surface area (Å²) in [6, 6.07) is 27.6. The van der Waals surface area contributed by atoms with Crippen LogP contribution in [0.5, 0.6) is 5.75 Å². The number of benzene rings is 3. The van der Waals surface area contributed by atoms with Gasteiger partial charge in [0.2, 0.25) is 0 Å². The first kappa shape index (κ1) is 18.7. The third kappa shape index (κ3) is 4.98. The lowest BCUT2D eigenvalue weighted by molar-refractivity contribution is -0.123. The van der Waals surface area contributed by atoms with E-state index in [1.165, 1.54) is 0 Å². The second kappa shape index (κ2) is 9.04. The summed E-state index contributed by atoms with van der Waals surface area (Å²) in [5, 5.41) is 3.10. The summed E-state index contributed by atoms with van der Waals surface area (Å²) in [6.45, 7) is 4.21. The highest BCUT2D eigenvalue weighted by molar-refractivity contribution is 5.78. The smallest absolute Gasteiger partial charge is 0.258 e. The Kier molecular flexibility index (Phi) is 6.26. The van der Waals surface area contributed by atoms with Gasteiger partial charge in [0.25, 0.3) is 5.91 Å². The summed E-state index contributed by atoms with van der Waals surface area (Å²) in [4.78, 5) is 12.6. The number of ether oxygens (including phenoxy) is 1. The fraction of sp³-hybridized carbons (Fsp3) is 0.208. The van der Waals surface area contributed by atoms with Crippen molar-refractivity contribution >= 4 is 5.91 Å². The van der Waals surface area contributed by atoms with Crippen LogP contribution >= 0.6 is 0 Å². The summed E-state index contributed by atoms with van der Waals surface area (Å²) in [5.41, 5.74) is 3.19. The van der Waals surface area contributed by atoms with Gasteiger partial charge in [-0.15, -0.1) is 0 Å². The van der Waals surface area contributed by atoms with Gasteiger partial charge >= 0.3 is 0 Å². The zero-order valence-corrected chi connectivity index (χ0v) is 15.8. The van der Waals surface area contributed by atoms with Crippen LogP contribution in [0.4, 0.5) is 0 Å². The molecule has 27 heavy (non-hydrogen) atoms. The van der Waals surface area contributed by atoms with Gasteiger partial charge in [0.05, 0.1) is 6.04 Å². The van der Waals surface area contributed by atoms with Gasteiger partial charge in [-0.3, -0.25) is 4.79 Å². The second-order valence-corrected chi connectivity index (χ2v) is 6.80. The summed E-state index contributed by atoms with van der Waals surface area (Å²) >= 11 is 0. The molecule has 0 atom stereocenters. The molecule has 138 valence electrons. The van der Waals surface area contributed by atoms with Crippen LogP contribution in [0, 0.1) is 0 Å². The van der Waals surface area contributed by atoms with E-state index in [4.69, 9.17) is 4.74 Å². The molecule has 0 fully saturated rings. The van der Waals surface area contributed by atoms with Gasteiger partial charge in [-0.2, -0.15) is 0 Å². The monoisotopic (exact) mass is 359 g/mol. The average Bonchev–Trinajstić information content (AvgIpc) is 2.72. The van der Waals surface area contributed by atoms with Crippen LogP contribution in [-0.2, 0) is 4.79 Å². The summed E-state index contributed by atoms with van der Waals surface area (Å²) < 4.78 is 5.82. The average molecular weight is 359 g/mol. The van der Waals surface area contributed by atoms with Crippen molar-refractivity contribution in [2.24, 2.45) is 0 Å². The molecule has 3 heteroatoms. The van der Waals surface area contributed by atoms with E-state index >= 15 is 0 Å².